The molecule has 0 heterocycles. The molecule has 0 atom stereocenters. The zero-order valence-corrected chi connectivity index (χ0v) is 10.7. The first kappa shape index (κ1) is 15.0. The van der Waals surface area contributed by atoms with Crippen LogP contribution in [0.2, 0.25) is 0 Å². The van der Waals surface area contributed by atoms with E-state index in [2.05, 4.69) is 11.4 Å². The Bertz CT molecular complexity index is 620. The van der Waals surface area contributed by atoms with E-state index in [1.807, 2.05) is 0 Å². The van der Waals surface area contributed by atoms with Crippen molar-refractivity contribution in [2.24, 2.45) is 5.16 Å². The third-order valence-electron chi connectivity index (χ3n) is 2.57. The zero-order chi connectivity index (χ0) is 15.3. The van der Waals surface area contributed by atoms with Crippen molar-refractivity contribution in [3.8, 4) is 0 Å². The molecule has 2 nitrogen and oxygen atoms in total. The van der Waals surface area contributed by atoms with Gasteiger partial charge in [-0.15, -0.1) is 0 Å². The third-order valence-corrected chi connectivity index (χ3v) is 2.57. The molecule has 0 aliphatic rings. The minimum atomic E-state index is -4.39. The van der Waals surface area contributed by atoms with Crippen LogP contribution in [0.4, 0.5) is 17.6 Å². The van der Waals surface area contributed by atoms with E-state index < -0.39 is 11.7 Å². The normalized spacial score (nSPS) is 11.8. The lowest BCUT2D eigenvalue weighted by Gasteiger charge is -2.07. The molecule has 2 rings (SSSR count). The van der Waals surface area contributed by atoms with Crippen LogP contribution in [-0.2, 0) is 17.6 Å². The fraction of sp³-hybridized carbons (Fsp3) is 0.133. The van der Waals surface area contributed by atoms with Crippen molar-refractivity contribution < 1.29 is 22.4 Å². The lowest BCUT2D eigenvalue weighted by atomic mass is 10.1. The predicted molar refractivity (Wildman–Crippen MR) is 69.2 cm³/mol. The highest BCUT2D eigenvalue weighted by molar-refractivity contribution is 5.78. The van der Waals surface area contributed by atoms with Crippen LogP contribution in [0.5, 0.6) is 0 Å². The molecule has 0 saturated carbocycles. The van der Waals surface area contributed by atoms with Crippen LogP contribution in [0.25, 0.3) is 0 Å². The Labute approximate surface area is 118 Å². The maximum Gasteiger partial charge on any atom is 0.416 e. The molecule has 0 spiro atoms. The van der Waals surface area contributed by atoms with Gasteiger partial charge >= 0.3 is 6.18 Å². The molecule has 0 unspecified atom stereocenters. The maximum atomic E-state index is 12.6. The first-order valence-electron chi connectivity index (χ1n) is 5.95. The minimum Gasteiger partial charge on any atom is -0.390 e. The van der Waals surface area contributed by atoms with Gasteiger partial charge in [-0.2, -0.15) is 13.2 Å². The number of benzene rings is 2. The molecule has 0 fully saturated rings. The Morgan fingerprint density at radius 3 is 2.43 bits per heavy atom. The van der Waals surface area contributed by atoms with Crippen molar-refractivity contribution in [1.82, 2.24) is 0 Å². The van der Waals surface area contributed by atoms with Crippen LogP contribution in [0.3, 0.4) is 0 Å². The summed E-state index contributed by atoms with van der Waals surface area (Å²) in [6, 6.07) is 10.2. The van der Waals surface area contributed by atoms with Gasteiger partial charge < -0.3 is 4.84 Å². The molecular weight excluding hydrogens is 286 g/mol. The van der Waals surface area contributed by atoms with Crippen molar-refractivity contribution >= 4 is 6.21 Å². The van der Waals surface area contributed by atoms with Gasteiger partial charge in [-0.3, -0.25) is 0 Å². The monoisotopic (exact) mass is 296 g/mol. The van der Waals surface area contributed by atoms with Crippen LogP contribution in [0, 0.1) is 5.82 Å². The zero-order valence-electron chi connectivity index (χ0n) is 10.7. The molecule has 2 aromatic carbocycles. The number of nitrogens with zero attached hydrogens (tertiary/aromatic N) is 1. The summed E-state index contributed by atoms with van der Waals surface area (Å²) in [6.45, 7) is -0.113. The quantitative estimate of drug-likeness (QED) is 0.469. The smallest absolute Gasteiger partial charge is 0.390 e. The summed E-state index contributed by atoms with van der Waals surface area (Å²) in [5, 5.41) is 3.50. The molecule has 0 saturated heterocycles. The Kier molecular flexibility index (Phi) is 4.57. The molecule has 2 aromatic rings. The van der Waals surface area contributed by atoms with Crippen molar-refractivity contribution in [3.05, 3.63) is 71.0 Å². The molecule has 1 radical (unpaired) electrons. The summed E-state index contributed by atoms with van der Waals surface area (Å²) < 4.78 is 50.2. The number of alkyl halides is 3. The average Bonchev–Trinajstić information content (AvgIpc) is 2.45. The first-order chi connectivity index (χ1) is 9.95. The molecular formula is C15H10F4NO. The topological polar surface area (TPSA) is 21.6 Å². The summed E-state index contributed by atoms with van der Waals surface area (Å²) in [4.78, 5) is 4.87. The SMILES string of the molecule is Fc1ccc(/[C]=N\OCc2cccc(C(F)(F)F)c2)cc1. The number of rotatable bonds is 4. The molecule has 0 bridgehead atoms. The third kappa shape index (κ3) is 4.59. The molecule has 109 valence electrons. The fourth-order valence-electron chi connectivity index (χ4n) is 1.55. The van der Waals surface area contributed by atoms with E-state index in [1.165, 1.54) is 36.4 Å². The Balaban J connectivity index is 1.93. The van der Waals surface area contributed by atoms with Gasteiger partial charge in [0.1, 0.15) is 18.6 Å². The molecule has 0 aliphatic carbocycles. The molecule has 0 aliphatic heterocycles. The van der Waals surface area contributed by atoms with E-state index in [9.17, 15) is 17.6 Å². The summed E-state index contributed by atoms with van der Waals surface area (Å²) in [5.74, 6) is -0.384. The number of halogens is 4. The van der Waals surface area contributed by atoms with E-state index in [0.29, 0.717) is 11.1 Å². The fourth-order valence-corrected chi connectivity index (χ4v) is 1.55. The van der Waals surface area contributed by atoms with Gasteiger partial charge in [0.05, 0.1) is 5.56 Å². The first-order valence-corrected chi connectivity index (χ1v) is 5.95. The highest BCUT2D eigenvalue weighted by Gasteiger charge is 2.30. The van der Waals surface area contributed by atoms with Gasteiger partial charge in [-0.1, -0.05) is 17.3 Å². The van der Waals surface area contributed by atoms with E-state index in [0.717, 1.165) is 12.1 Å². The highest BCUT2D eigenvalue weighted by atomic mass is 19.4. The van der Waals surface area contributed by atoms with Gasteiger partial charge in [0, 0.05) is 5.56 Å². The Hall–Kier alpha value is -2.37. The second-order valence-electron chi connectivity index (χ2n) is 4.18. The van der Waals surface area contributed by atoms with E-state index >= 15 is 0 Å². The number of hydrogen-bond acceptors (Lipinski definition) is 2. The Morgan fingerprint density at radius 1 is 1.05 bits per heavy atom. The average molecular weight is 296 g/mol. The summed E-state index contributed by atoms with van der Waals surface area (Å²) >= 11 is 0. The van der Waals surface area contributed by atoms with Crippen molar-refractivity contribution in [3.63, 3.8) is 0 Å². The second-order valence-corrected chi connectivity index (χ2v) is 4.18. The van der Waals surface area contributed by atoms with Crippen LogP contribution in [-0.4, -0.2) is 6.21 Å². The van der Waals surface area contributed by atoms with Crippen molar-refractivity contribution in [2.75, 3.05) is 0 Å². The molecule has 0 aromatic heterocycles. The van der Waals surface area contributed by atoms with Crippen LogP contribution in [0.15, 0.2) is 53.7 Å². The second kappa shape index (κ2) is 6.39. The van der Waals surface area contributed by atoms with Crippen molar-refractivity contribution in [2.45, 2.75) is 12.8 Å². The van der Waals surface area contributed by atoms with E-state index in [1.54, 1.807) is 0 Å². The largest absolute Gasteiger partial charge is 0.416 e. The van der Waals surface area contributed by atoms with Gasteiger partial charge in [0.2, 0.25) is 0 Å². The lowest BCUT2D eigenvalue weighted by molar-refractivity contribution is -0.137. The maximum absolute atomic E-state index is 12.6. The van der Waals surface area contributed by atoms with E-state index in [4.69, 9.17) is 4.84 Å². The molecule has 6 heteroatoms. The summed E-state index contributed by atoms with van der Waals surface area (Å²) in [5.41, 5.74) is 0.102. The lowest BCUT2D eigenvalue weighted by Crippen LogP contribution is -2.05. The van der Waals surface area contributed by atoms with Crippen LogP contribution in [0.1, 0.15) is 16.7 Å². The van der Waals surface area contributed by atoms with Gasteiger partial charge in [-0.05, 0) is 42.0 Å². The molecule has 0 N–H and O–H groups in total. The van der Waals surface area contributed by atoms with Crippen molar-refractivity contribution in [1.29, 1.82) is 0 Å². The standard InChI is InChI=1S/C15H10F4NO/c16-14-6-4-11(5-7-14)9-20-21-10-12-2-1-3-13(8-12)15(17,18)19/h1-8H,10H2. The van der Waals surface area contributed by atoms with Gasteiger partial charge in [0.25, 0.3) is 0 Å². The highest BCUT2D eigenvalue weighted by Crippen LogP contribution is 2.29. The van der Waals surface area contributed by atoms with Crippen LogP contribution >= 0.6 is 0 Å². The van der Waals surface area contributed by atoms with Gasteiger partial charge in [-0.25, -0.2) is 4.39 Å². The molecule has 0 amide bonds. The summed E-state index contributed by atoms with van der Waals surface area (Å²) in [6.07, 6.45) is -1.89. The predicted octanol–water partition coefficient (Wildman–Crippen LogP) is 4.27. The Morgan fingerprint density at radius 2 is 1.76 bits per heavy atom. The summed E-state index contributed by atoms with van der Waals surface area (Å²) in [7, 11) is 0. The van der Waals surface area contributed by atoms with E-state index in [-0.39, 0.29) is 12.4 Å². The van der Waals surface area contributed by atoms with Gasteiger partial charge in [0.15, 0.2) is 0 Å². The van der Waals surface area contributed by atoms with Crippen LogP contribution < -0.4 is 0 Å². The number of hydrogen-bond donors (Lipinski definition) is 0. The molecule has 21 heavy (non-hydrogen) atoms. The minimum absolute atomic E-state index is 0.113.